The number of likely N-dealkylation sites (tertiary alicyclic amines) is 1. The van der Waals surface area contributed by atoms with Crippen LogP contribution >= 0.6 is 0 Å². The molecule has 1 aromatic carbocycles. The maximum atomic E-state index is 13.0. The summed E-state index contributed by atoms with van der Waals surface area (Å²) in [4.78, 5) is 39.3. The van der Waals surface area contributed by atoms with Crippen LogP contribution in [0.25, 0.3) is 11.0 Å². The number of ether oxygens (including phenoxy) is 1. The number of hydrogen-bond acceptors (Lipinski definition) is 6. The van der Waals surface area contributed by atoms with E-state index in [-0.39, 0.29) is 24.1 Å². The lowest BCUT2D eigenvalue weighted by Crippen LogP contribution is -2.53. The molecule has 5 rings (SSSR count). The average Bonchev–Trinajstić information content (AvgIpc) is 2.99. The number of rotatable bonds is 5. The molecule has 0 spiro atoms. The lowest BCUT2D eigenvalue weighted by Gasteiger charge is -2.41. The third kappa shape index (κ3) is 3.81. The molecule has 3 saturated heterocycles. The predicted molar refractivity (Wildman–Crippen MR) is 115 cm³/mol. The van der Waals surface area contributed by atoms with Gasteiger partial charge in [0, 0.05) is 33.1 Å². The van der Waals surface area contributed by atoms with Crippen molar-refractivity contribution in [3.05, 3.63) is 34.2 Å². The molecule has 0 aliphatic carbocycles. The Morgan fingerprint density at radius 2 is 1.84 bits per heavy atom. The van der Waals surface area contributed by atoms with Crippen LogP contribution in [0.5, 0.6) is 0 Å². The second kappa shape index (κ2) is 8.22. The summed E-state index contributed by atoms with van der Waals surface area (Å²) in [5.41, 5.74) is 2.42. The molecule has 2 N–H and O–H groups in total. The maximum Gasteiger partial charge on any atom is 0.329 e. The molecular weight excluding hydrogens is 398 g/mol. The quantitative estimate of drug-likeness (QED) is 0.665. The van der Waals surface area contributed by atoms with Crippen molar-refractivity contribution < 1.29 is 14.3 Å². The summed E-state index contributed by atoms with van der Waals surface area (Å²) in [6.45, 7) is 4.57. The van der Waals surface area contributed by atoms with Crippen LogP contribution < -0.4 is 16.3 Å². The molecular formula is C22H29N5O4. The molecule has 166 valence electrons. The molecule has 31 heavy (non-hydrogen) atoms. The summed E-state index contributed by atoms with van der Waals surface area (Å²) in [5, 5.41) is 5.72. The van der Waals surface area contributed by atoms with Crippen LogP contribution in [0.2, 0.25) is 0 Å². The minimum absolute atomic E-state index is 0.229. The molecule has 1 aromatic heterocycles. The van der Waals surface area contributed by atoms with Crippen LogP contribution in [0.1, 0.15) is 37.3 Å². The number of amides is 2. The number of aromatic nitrogens is 2. The maximum absolute atomic E-state index is 13.0. The van der Waals surface area contributed by atoms with Crippen molar-refractivity contribution in [1.82, 2.24) is 24.7 Å². The molecule has 2 aromatic rings. The molecule has 4 heterocycles. The SMILES string of the molecule is Cn1c(=O)n(C2CCC(=O)NC2=O)c2cccc(CN3CC(OC4CCNCC4)C3)c21. The standard InChI is InChI=1S/C22H29N5O4/c1-25-20-14(11-26-12-16(13-26)31-15-7-9-23-10-8-15)3-2-4-17(20)27(22(25)30)18-5-6-19(28)24-21(18)29/h2-4,15-16,18,23H,5-13H2,1H3,(H,24,28,29). The minimum atomic E-state index is -0.657. The number of aryl methyl sites for hydroxylation is 1. The molecule has 3 aliphatic rings. The van der Waals surface area contributed by atoms with Crippen molar-refractivity contribution in [3.63, 3.8) is 0 Å². The lowest BCUT2D eigenvalue weighted by molar-refractivity contribution is -0.135. The van der Waals surface area contributed by atoms with E-state index in [1.807, 2.05) is 18.2 Å². The second-order valence-electron chi connectivity index (χ2n) is 8.86. The Labute approximate surface area is 180 Å². The van der Waals surface area contributed by atoms with Gasteiger partial charge in [0.2, 0.25) is 11.8 Å². The number of benzene rings is 1. The fraction of sp³-hybridized carbons (Fsp3) is 0.591. The van der Waals surface area contributed by atoms with Crippen LogP contribution in [0.3, 0.4) is 0 Å². The third-order valence-corrected chi connectivity index (χ3v) is 6.70. The highest BCUT2D eigenvalue weighted by molar-refractivity contribution is 6.00. The predicted octanol–water partition coefficient (Wildman–Crippen LogP) is 0.271. The van der Waals surface area contributed by atoms with E-state index >= 15 is 0 Å². The fourth-order valence-corrected chi connectivity index (χ4v) is 5.06. The first-order valence-corrected chi connectivity index (χ1v) is 11.1. The highest BCUT2D eigenvalue weighted by Gasteiger charge is 2.33. The summed E-state index contributed by atoms with van der Waals surface area (Å²) in [6, 6.07) is 5.19. The van der Waals surface area contributed by atoms with Crippen molar-refractivity contribution in [2.24, 2.45) is 7.05 Å². The Morgan fingerprint density at radius 1 is 1.06 bits per heavy atom. The molecule has 1 atom stereocenters. The third-order valence-electron chi connectivity index (χ3n) is 6.70. The van der Waals surface area contributed by atoms with E-state index in [9.17, 15) is 14.4 Å². The van der Waals surface area contributed by atoms with Crippen molar-refractivity contribution in [2.45, 2.75) is 50.5 Å². The minimum Gasteiger partial charge on any atom is -0.372 e. The first-order chi connectivity index (χ1) is 15.0. The van der Waals surface area contributed by atoms with E-state index in [2.05, 4.69) is 15.5 Å². The van der Waals surface area contributed by atoms with Gasteiger partial charge in [-0.3, -0.25) is 28.9 Å². The van der Waals surface area contributed by atoms with Crippen LogP contribution in [-0.2, 0) is 27.9 Å². The number of para-hydroxylation sites is 1. The Hall–Kier alpha value is -2.49. The van der Waals surface area contributed by atoms with Gasteiger partial charge in [0.05, 0.1) is 23.2 Å². The van der Waals surface area contributed by atoms with Crippen molar-refractivity contribution in [2.75, 3.05) is 26.2 Å². The summed E-state index contributed by atoms with van der Waals surface area (Å²) in [6.07, 6.45) is 3.37. The molecule has 3 aliphatic heterocycles. The number of carbonyl (C=O) groups is 2. The molecule has 2 amide bonds. The topological polar surface area (TPSA) is 97.6 Å². The molecule has 1 unspecified atom stereocenters. The van der Waals surface area contributed by atoms with E-state index in [4.69, 9.17) is 4.74 Å². The molecule has 0 bridgehead atoms. The van der Waals surface area contributed by atoms with E-state index < -0.39 is 11.9 Å². The number of imide groups is 1. The highest BCUT2D eigenvalue weighted by Crippen LogP contribution is 2.27. The zero-order valence-electron chi connectivity index (χ0n) is 17.8. The number of imidazole rings is 1. The lowest BCUT2D eigenvalue weighted by atomic mass is 10.0. The first-order valence-electron chi connectivity index (χ1n) is 11.1. The second-order valence-corrected chi connectivity index (χ2v) is 8.86. The van der Waals surface area contributed by atoms with Gasteiger partial charge in [-0.05, 0) is 44.0 Å². The van der Waals surface area contributed by atoms with Gasteiger partial charge < -0.3 is 10.1 Å². The van der Waals surface area contributed by atoms with Crippen molar-refractivity contribution in [1.29, 1.82) is 0 Å². The Balaban J connectivity index is 1.33. The van der Waals surface area contributed by atoms with Gasteiger partial charge in [-0.25, -0.2) is 4.79 Å². The summed E-state index contributed by atoms with van der Waals surface area (Å²) >= 11 is 0. The van der Waals surface area contributed by atoms with Gasteiger partial charge in [0.1, 0.15) is 6.04 Å². The summed E-state index contributed by atoms with van der Waals surface area (Å²) in [7, 11) is 1.75. The number of piperidine rings is 2. The largest absolute Gasteiger partial charge is 0.372 e. The van der Waals surface area contributed by atoms with E-state index in [1.54, 1.807) is 16.2 Å². The number of fused-ring (bicyclic) bond motifs is 1. The van der Waals surface area contributed by atoms with Crippen LogP contribution in [-0.4, -0.2) is 64.2 Å². The zero-order valence-corrected chi connectivity index (χ0v) is 17.8. The van der Waals surface area contributed by atoms with Gasteiger partial charge >= 0.3 is 5.69 Å². The molecule has 9 nitrogen and oxygen atoms in total. The fourth-order valence-electron chi connectivity index (χ4n) is 5.06. The van der Waals surface area contributed by atoms with Crippen LogP contribution in [0.4, 0.5) is 0 Å². The Morgan fingerprint density at radius 3 is 2.58 bits per heavy atom. The Bertz CT molecular complexity index is 1060. The van der Waals surface area contributed by atoms with Gasteiger partial charge in [-0.15, -0.1) is 0 Å². The monoisotopic (exact) mass is 427 g/mol. The smallest absolute Gasteiger partial charge is 0.329 e. The van der Waals surface area contributed by atoms with Crippen LogP contribution in [0, 0.1) is 0 Å². The molecule has 0 saturated carbocycles. The van der Waals surface area contributed by atoms with Gasteiger partial charge in [-0.2, -0.15) is 0 Å². The number of nitrogens with one attached hydrogen (secondary N) is 2. The van der Waals surface area contributed by atoms with Crippen LogP contribution in [0.15, 0.2) is 23.0 Å². The molecule has 3 fully saturated rings. The van der Waals surface area contributed by atoms with Crippen molar-refractivity contribution >= 4 is 22.8 Å². The van der Waals surface area contributed by atoms with E-state index in [1.165, 1.54) is 0 Å². The number of nitrogens with zero attached hydrogens (tertiary/aromatic N) is 3. The number of carbonyl (C=O) groups excluding carboxylic acids is 2. The normalized spacial score (nSPS) is 23.8. The first kappa shape index (κ1) is 20.4. The van der Waals surface area contributed by atoms with Gasteiger partial charge in [0.25, 0.3) is 0 Å². The van der Waals surface area contributed by atoms with Crippen molar-refractivity contribution in [3.8, 4) is 0 Å². The molecule has 0 radical (unpaired) electrons. The van der Waals surface area contributed by atoms with Gasteiger partial charge in [-0.1, -0.05) is 12.1 Å². The summed E-state index contributed by atoms with van der Waals surface area (Å²) in [5.74, 6) is -0.689. The Kier molecular flexibility index (Phi) is 5.41. The average molecular weight is 428 g/mol. The van der Waals surface area contributed by atoms with E-state index in [0.29, 0.717) is 12.5 Å². The zero-order chi connectivity index (χ0) is 21.5. The van der Waals surface area contributed by atoms with Gasteiger partial charge in [0.15, 0.2) is 0 Å². The molecule has 9 heteroatoms. The van der Waals surface area contributed by atoms with E-state index in [0.717, 1.165) is 62.2 Å². The summed E-state index contributed by atoms with van der Waals surface area (Å²) < 4.78 is 9.38. The highest BCUT2D eigenvalue weighted by atomic mass is 16.5. The number of hydrogen-bond donors (Lipinski definition) is 2.